The molecule has 1 aromatic heterocycles. The van der Waals surface area contributed by atoms with Gasteiger partial charge in [0.25, 0.3) is 0 Å². The standard InChI is InChI=1S/C13H21N3O4/c1-13(2,3)12-14-10(15-20-12)7-16-5-6-19-8-9(16)11(17)18-4/h9H,5-8H2,1-4H3. The van der Waals surface area contributed by atoms with Crippen molar-refractivity contribution < 1.29 is 18.8 Å². The van der Waals surface area contributed by atoms with E-state index in [1.807, 2.05) is 25.7 Å². The van der Waals surface area contributed by atoms with Crippen LogP contribution in [0.25, 0.3) is 0 Å². The van der Waals surface area contributed by atoms with Crippen molar-refractivity contribution in [3.63, 3.8) is 0 Å². The molecular weight excluding hydrogens is 262 g/mol. The molecule has 0 amide bonds. The minimum Gasteiger partial charge on any atom is -0.468 e. The first kappa shape index (κ1) is 14.9. The van der Waals surface area contributed by atoms with E-state index in [0.717, 1.165) is 0 Å². The lowest BCUT2D eigenvalue weighted by Crippen LogP contribution is -2.49. The number of aromatic nitrogens is 2. The van der Waals surface area contributed by atoms with Crippen molar-refractivity contribution in [2.24, 2.45) is 0 Å². The number of esters is 1. The molecule has 1 aromatic rings. The SMILES string of the molecule is COC(=O)C1COCCN1Cc1noc(C(C)(C)C)n1. The maximum absolute atomic E-state index is 11.7. The smallest absolute Gasteiger partial charge is 0.325 e. The van der Waals surface area contributed by atoms with Gasteiger partial charge in [0.2, 0.25) is 5.89 Å². The normalized spacial score (nSPS) is 20.9. The summed E-state index contributed by atoms with van der Waals surface area (Å²) in [5.74, 6) is 0.866. The summed E-state index contributed by atoms with van der Waals surface area (Å²) in [6.45, 7) is 8.03. The topological polar surface area (TPSA) is 77.7 Å². The molecule has 7 nitrogen and oxygen atoms in total. The van der Waals surface area contributed by atoms with Crippen molar-refractivity contribution in [3.05, 3.63) is 11.7 Å². The summed E-state index contributed by atoms with van der Waals surface area (Å²) in [5, 5.41) is 3.98. The molecular formula is C13H21N3O4. The second-order valence-corrected chi connectivity index (χ2v) is 5.85. The van der Waals surface area contributed by atoms with E-state index >= 15 is 0 Å². The van der Waals surface area contributed by atoms with Crippen LogP contribution in [0.3, 0.4) is 0 Å². The zero-order valence-electron chi connectivity index (χ0n) is 12.4. The maximum atomic E-state index is 11.7. The maximum Gasteiger partial charge on any atom is 0.325 e. The highest BCUT2D eigenvalue weighted by Gasteiger charge is 2.31. The van der Waals surface area contributed by atoms with Gasteiger partial charge in [0.1, 0.15) is 6.04 Å². The number of carbonyl (C=O) groups excluding carboxylic acids is 1. The van der Waals surface area contributed by atoms with Gasteiger partial charge in [-0.05, 0) is 0 Å². The van der Waals surface area contributed by atoms with Crippen LogP contribution in [-0.4, -0.2) is 53.9 Å². The summed E-state index contributed by atoms with van der Waals surface area (Å²) in [6, 6.07) is -0.412. The molecule has 1 atom stereocenters. The fourth-order valence-electron chi connectivity index (χ4n) is 1.98. The van der Waals surface area contributed by atoms with Gasteiger partial charge in [-0.2, -0.15) is 4.98 Å². The van der Waals surface area contributed by atoms with E-state index in [2.05, 4.69) is 10.1 Å². The molecule has 2 rings (SSSR count). The lowest BCUT2D eigenvalue weighted by atomic mass is 9.97. The molecule has 2 heterocycles. The zero-order valence-corrected chi connectivity index (χ0v) is 12.4. The van der Waals surface area contributed by atoms with E-state index in [9.17, 15) is 4.79 Å². The molecule has 0 saturated carbocycles. The molecule has 1 unspecified atom stereocenters. The molecule has 0 bridgehead atoms. The molecule has 20 heavy (non-hydrogen) atoms. The summed E-state index contributed by atoms with van der Waals surface area (Å²) in [4.78, 5) is 18.1. The van der Waals surface area contributed by atoms with Crippen LogP contribution >= 0.6 is 0 Å². The Kier molecular flexibility index (Phi) is 4.39. The fraction of sp³-hybridized carbons (Fsp3) is 0.769. The van der Waals surface area contributed by atoms with Crippen LogP contribution in [0.4, 0.5) is 0 Å². The number of ether oxygens (including phenoxy) is 2. The molecule has 1 aliphatic heterocycles. The van der Waals surface area contributed by atoms with Gasteiger partial charge < -0.3 is 14.0 Å². The summed E-state index contributed by atoms with van der Waals surface area (Å²) < 4.78 is 15.4. The molecule has 7 heteroatoms. The molecule has 0 radical (unpaired) electrons. The molecule has 1 saturated heterocycles. The lowest BCUT2D eigenvalue weighted by molar-refractivity contribution is -0.153. The van der Waals surface area contributed by atoms with Crippen LogP contribution in [0.5, 0.6) is 0 Å². The number of hydrogen-bond acceptors (Lipinski definition) is 7. The van der Waals surface area contributed by atoms with Crippen molar-refractivity contribution >= 4 is 5.97 Å². The summed E-state index contributed by atoms with van der Waals surface area (Å²) in [5.41, 5.74) is -0.183. The van der Waals surface area contributed by atoms with Gasteiger partial charge in [-0.3, -0.25) is 9.69 Å². The van der Waals surface area contributed by atoms with E-state index in [1.165, 1.54) is 7.11 Å². The van der Waals surface area contributed by atoms with Crippen LogP contribution in [0.1, 0.15) is 32.5 Å². The highest BCUT2D eigenvalue weighted by molar-refractivity contribution is 5.75. The lowest BCUT2D eigenvalue weighted by Gasteiger charge is -2.32. The third-order valence-corrected chi connectivity index (χ3v) is 3.17. The molecule has 1 fully saturated rings. The number of nitrogens with zero attached hydrogens (tertiary/aromatic N) is 3. The van der Waals surface area contributed by atoms with Gasteiger partial charge >= 0.3 is 5.97 Å². The van der Waals surface area contributed by atoms with E-state index in [1.54, 1.807) is 0 Å². The van der Waals surface area contributed by atoms with Crippen LogP contribution in [0, 0.1) is 0 Å². The molecule has 0 aliphatic carbocycles. The molecule has 112 valence electrons. The highest BCUT2D eigenvalue weighted by atomic mass is 16.5. The summed E-state index contributed by atoms with van der Waals surface area (Å²) in [7, 11) is 1.38. The van der Waals surface area contributed by atoms with Gasteiger partial charge in [-0.15, -0.1) is 0 Å². The van der Waals surface area contributed by atoms with Crippen LogP contribution in [-0.2, 0) is 26.2 Å². The van der Waals surface area contributed by atoms with E-state index in [0.29, 0.717) is 38.0 Å². The number of rotatable bonds is 3. The van der Waals surface area contributed by atoms with E-state index in [-0.39, 0.29) is 11.4 Å². The number of carbonyl (C=O) groups is 1. The fourth-order valence-corrected chi connectivity index (χ4v) is 1.98. The second-order valence-electron chi connectivity index (χ2n) is 5.85. The average molecular weight is 283 g/mol. The Labute approximate surface area is 118 Å². The predicted octanol–water partition coefficient (Wildman–Crippen LogP) is 0.741. The zero-order chi connectivity index (χ0) is 14.8. The Morgan fingerprint density at radius 2 is 2.25 bits per heavy atom. The first-order chi connectivity index (χ1) is 9.41. The highest BCUT2D eigenvalue weighted by Crippen LogP contribution is 2.20. The Morgan fingerprint density at radius 3 is 2.85 bits per heavy atom. The number of morpholine rings is 1. The summed E-state index contributed by atoms with van der Waals surface area (Å²) >= 11 is 0. The Hall–Kier alpha value is -1.47. The quantitative estimate of drug-likeness (QED) is 0.757. The first-order valence-electron chi connectivity index (χ1n) is 6.64. The molecule has 0 aromatic carbocycles. The first-order valence-corrected chi connectivity index (χ1v) is 6.64. The van der Waals surface area contributed by atoms with Crippen molar-refractivity contribution in [1.29, 1.82) is 0 Å². The average Bonchev–Trinajstić information content (AvgIpc) is 2.87. The number of hydrogen-bond donors (Lipinski definition) is 0. The van der Waals surface area contributed by atoms with Gasteiger partial charge in [0.05, 0.1) is 26.9 Å². The van der Waals surface area contributed by atoms with Crippen LogP contribution in [0.15, 0.2) is 4.52 Å². The third-order valence-electron chi connectivity index (χ3n) is 3.17. The molecule has 0 spiro atoms. The second kappa shape index (κ2) is 5.88. The Morgan fingerprint density at radius 1 is 1.50 bits per heavy atom. The monoisotopic (exact) mass is 283 g/mol. The predicted molar refractivity (Wildman–Crippen MR) is 70.0 cm³/mol. The summed E-state index contributed by atoms with van der Waals surface area (Å²) in [6.07, 6.45) is 0. The van der Waals surface area contributed by atoms with Crippen molar-refractivity contribution in [2.75, 3.05) is 26.9 Å². The van der Waals surface area contributed by atoms with Crippen molar-refractivity contribution in [1.82, 2.24) is 15.0 Å². The molecule has 0 N–H and O–H groups in total. The minimum absolute atomic E-state index is 0.183. The molecule has 1 aliphatic rings. The van der Waals surface area contributed by atoms with Crippen molar-refractivity contribution in [2.45, 2.75) is 38.8 Å². The van der Waals surface area contributed by atoms with Crippen molar-refractivity contribution in [3.8, 4) is 0 Å². The van der Waals surface area contributed by atoms with Crippen LogP contribution in [0.2, 0.25) is 0 Å². The van der Waals surface area contributed by atoms with Gasteiger partial charge in [0.15, 0.2) is 5.82 Å². The van der Waals surface area contributed by atoms with Gasteiger partial charge in [0, 0.05) is 12.0 Å². The third kappa shape index (κ3) is 3.34. The van der Waals surface area contributed by atoms with E-state index < -0.39 is 6.04 Å². The largest absolute Gasteiger partial charge is 0.468 e. The number of methoxy groups -OCH3 is 1. The minimum atomic E-state index is -0.412. The Balaban J connectivity index is 2.07. The van der Waals surface area contributed by atoms with Crippen LogP contribution < -0.4 is 0 Å². The van der Waals surface area contributed by atoms with Gasteiger partial charge in [-0.1, -0.05) is 25.9 Å². The van der Waals surface area contributed by atoms with E-state index in [4.69, 9.17) is 14.0 Å². The Bertz CT molecular complexity index is 466. The van der Waals surface area contributed by atoms with Gasteiger partial charge in [-0.25, -0.2) is 0 Å².